The average molecular weight is 317 g/mol. The third kappa shape index (κ3) is 4.42. The van der Waals surface area contributed by atoms with E-state index in [4.69, 9.17) is 5.11 Å². The van der Waals surface area contributed by atoms with E-state index in [0.29, 0.717) is 12.8 Å². The van der Waals surface area contributed by atoms with Gasteiger partial charge in [0.1, 0.15) is 11.3 Å². The summed E-state index contributed by atoms with van der Waals surface area (Å²) in [4.78, 5) is 10.7. The van der Waals surface area contributed by atoms with Gasteiger partial charge in [-0.25, -0.2) is 17.9 Å². The topological polar surface area (TPSA) is 124 Å². The van der Waals surface area contributed by atoms with E-state index in [0.717, 1.165) is 12.1 Å². The van der Waals surface area contributed by atoms with Gasteiger partial charge in [0.2, 0.25) is 10.0 Å². The number of hydrogen-bond donors (Lipinski definition) is 4. The average Bonchev–Trinajstić information content (AvgIpc) is 2.36. The fourth-order valence-electron chi connectivity index (χ4n) is 1.85. The number of phenols is 1. The summed E-state index contributed by atoms with van der Waals surface area (Å²) < 4.78 is 26.5. The first-order valence-corrected chi connectivity index (χ1v) is 7.92. The van der Waals surface area contributed by atoms with Crippen molar-refractivity contribution in [2.24, 2.45) is 0 Å². The molecule has 0 radical (unpaired) electrons. The second-order valence-electron chi connectivity index (χ2n) is 4.73. The molecule has 118 valence electrons. The normalized spacial score (nSPS) is 13.1. The summed E-state index contributed by atoms with van der Waals surface area (Å²) in [5.74, 6) is -1.92. The van der Waals surface area contributed by atoms with Crippen molar-refractivity contribution in [1.82, 2.24) is 4.72 Å². The van der Waals surface area contributed by atoms with Crippen LogP contribution in [-0.4, -0.2) is 42.4 Å². The largest absolute Gasteiger partial charge is 0.507 e. The molecule has 1 aromatic carbocycles. The molecule has 0 saturated heterocycles. The fraction of sp³-hybridized carbons (Fsp3) is 0.462. The second-order valence-corrected chi connectivity index (χ2v) is 6.47. The molecular weight excluding hydrogens is 298 g/mol. The van der Waals surface area contributed by atoms with Crippen LogP contribution in [0.25, 0.3) is 0 Å². The van der Waals surface area contributed by atoms with Crippen LogP contribution >= 0.6 is 0 Å². The van der Waals surface area contributed by atoms with Crippen LogP contribution in [0.2, 0.25) is 0 Å². The number of aliphatic hydroxyl groups excluding tert-OH is 1. The number of aromatic carboxylic acids is 1. The van der Waals surface area contributed by atoms with Gasteiger partial charge in [-0.15, -0.1) is 0 Å². The molecule has 0 fully saturated rings. The lowest BCUT2D eigenvalue weighted by molar-refractivity contribution is 0.0693. The van der Waals surface area contributed by atoms with Crippen molar-refractivity contribution in [1.29, 1.82) is 0 Å². The highest BCUT2D eigenvalue weighted by Crippen LogP contribution is 2.25. The van der Waals surface area contributed by atoms with Gasteiger partial charge in [0.25, 0.3) is 0 Å². The molecule has 0 heterocycles. The highest BCUT2D eigenvalue weighted by atomic mass is 32.2. The van der Waals surface area contributed by atoms with Gasteiger partial charge in [-0.1, -0.05) is 13.3 Å². The SMILES string of the molecule is CCCC(O)CNS(=O)(=O)c1cc(C(=O)O)c(O)cc1C. The lowest BCUT2D eigenvalue weighted by Gasteiger charge is -2.13. The first kappa shape index (κ1) is 17.4. The second kappa shape index (κ2) is 6.88. The molecule has 0 saturated carbocycles. The zero-order chi connectivity index (χ0) is 16.2. The van der Waals surface area contributed by atoms with Crippen molar-refractivity contribution < 1.29 is 28.5 Å². The minimum atomic E-state index is -3.96. The molecule has 0 aromatic heterocycles. The van der Waals surface area contributed by atoms with E-state index in [1.54, 1.807) is 0 Å². The molecule has 1 unspecified atom stereocenters. The van der Waals surface area contributed by atoms with Crippen LogP contribution in [0, 0.1) is 6.92 Å². The number of aryl methyl sites for hydroxylation is 1. The van der Waals surface area contributed by atoms with Gasteiger partial charge in [0.05, 0.1) is 11.0 Å². The molecule has 0 bridgehead atoms. The van der Waals surface area contributed by atoms with Crippen LogP contribution in [0.4, 0.5) is 0 Å². The molecule has 0 aliphatic carbocycles. The maximum atomic E-state index is 12.2. The van der Waals surface area contributed by atoms with Crippen LogP contribution in [0.1, 0.15) is 35.7 Å². The maximum Gasteiger partial charge on any atom is 0.339 e. The van der Waals surface area contributed by atoms with Crippen molar-refractivity contribution in [3.63, 3.8) is 0 Å². The highest BCUT2D eigenvalue weighted by molar-refractivity contribution is 7.89. The predicted molar refractivity (Wildman–Crippen MR) is 75.9 cm³/mol. The summed E-state index contributed by atoms with van der Waals surface area (Å²) in [6, 6.07) is 1.99. The molecule has 0 aliphatic rings. The van der Waals surface area contributed by atoms with E-state index in [1.807, 2.05) is 6.92 Å². The smallest absolute Gasteiger partial charge is 0.339 e. The Morgan fingerprint density at radius 1 is 1.38 bits per heavy atom. The van der Waals surface area contributed by atoms with E-state index in [2.05, 4.69) is 4.72 Å². The van der Waals surface area contributed by atoms with E-state index < -0.39 is 33.4 Å². The third-order valence-electron chi connectivity index (χ3n) is 2.94. The molecule has 21 heavy (non-hydrogen) atoms. The predicted octanol–water partition coefficient (Wildman–Crippen LogP) is 0.838. The lowest BCUT2D eigenvalue weighted by Crippen LogP contribution is -2.32. The van der Waals surface area contributed by atoms with Gasteiger partial charge in [0.15, 0.2) is 0 Å². The van der Waals surface area contributed by atoms with Gasteiger partial charge in [-0.05, 0) is 31.0 Å². The van der Waals surface area contributed by atoms with Crippen molar-refractivity contribution in [2.75, 3.05) is 6.54 Å². The maximum absolute atomic E-state index is 12.2. The van der Waals surface area contributed by atoms with Crippen LogP contribution in [0.3, 0.4) is 0 Å². The molecule has 0 amide bonds. The number of carboxylic acids is 1. The van der Waals surface area contributed by atoms with Crippen LogP contribution in [-0.2, 0) is 10.0 Å². The summed E-state index contributed by atoms with van der Waals surface area (Å²) >= 11 is 0. The van der Waals surface area contributed by atoms with Crippen molar-refractivity contribution in [3.8, 4) is 5.75 Å². The van der Waals surface area contributed by atoms with Gasteiger partial charge in [0, 0.05) is 6.54 Å². The molecule has 1 aromatic rings. The van der Waals surface area contributed by atoms with Gasteiger partial charge < -0.3 is 15.3 Å². The quantitative estimate of drug-likeness (QED) is 0.591. The number of carbonyl (C=O) groups is 1. The summed E-state index contributed by atoms with van der Waals surface area (Å²) in [7, 11) is -3.96. The van der Waals surface area contributed by atoms with Gasteiger partial charge >= 0.3 is 5.97 Å². The van der Waals surface area contributed by atoms with Crippen molar-refractivity contribution in [3.05, 3.63) is 23.3 Å². The zero-order valence-electron chi connectivity index (χ0n) is 11.8. The minimum absolute atomic E-state index is 0.154. The van der Waals surface area contributed by atoms with Crippen LogP contribution in [0.5, 0.6) is 5.75 Å². The van der Waals surface area contributed by atoms with Crippen molar-refractivity contribution in [2.45, 2.75) is 37.7 Å². The number of rotatable bonds is 7. The summed E-state index contributed by atoms with van der Waals surface area (Å²) in [5.41, 5.74) is -0.273. The Bertz CT molecular complexity index is 626. The van der Waals surface area contributed by atoms with Crippen LogP contribution in [0.15, 0.2) is 17.0 Å². The number of nitrogens with one attached hydrogen (secondary N) is 1. The first-order valence-electron chi connectivity index (χ1n) is 6.43. The molecule has 4 N–H and O–H groups in total. The number of sulfonamides is 1. The molecule has 7 nitrogen and oxygen atoms in total. The van der Waals surface area contributed by atoms with E-state index in [-0.39, 0.29) is 17.0 Å². The van der Waals surface area contributed by atoms with Gasteiger partial charge in [-0.2, -0.15) is 0 Å². The Morgan fingerprint density at radius 3 is 2.52 bits per heavy atom. The summed E-state index contributed by atoms with van der Waals surface area (Å²) in [6.07, 6.45) is 0.364. The molecular formula is C13H19NO6S. The number of benzene rings is 1. The summed E-state index contributed by atoms with van der Waals surface area (Å²) in [5, 5.41) is 28.0. The Labute approximate surface area is 123 Å². The Kier molecular flexibility index (Phi) is 5.70. The zero-order valence-corrected chi connectivity index (χ0v) is 12.6. The van der Waals surface area contributed by atoms with Gasteiger partial charge in [-0.3, -0.25) is 0 Å². The summed E-state index contributed by atoms with van der Waals surface area (Å²) in [6.45, 7) is 3.16. The third-order valence-corrected chi connectivity index (χ3v) is 4.51. The van der Waals surface area contributed by atoms with E-state index >= 15 is 0 Å². The van der Waals surface area contributed by atoms with E-state index in [1.165, 1.54) is 6.92 Å². The molecule has 1 rings (SSSR count). The number of aromatic hydroxyl groups is 1. The number of carboxylic acid groups (broad SMARTS) is 1. The Balaban J connectivity index is 3.08. The monoisotopic (exact) mass is 317 g/mol. The first-order chi connectivity index (χ1) is 9.69. The number of hydrogen-bond acceptors (Lipinski definition) is 5. The highest BCUT2D eigenvalue weighted by Gasteiger charge is 2.22. The standard InChI is InChI=1S/C13H19NO6S/c1-3-4-9(15)7-14-21(19,20)12-6-10(13(17)18)11(16)5-8(12)2/h5-6,9,14-16H,3-4,7H2,1-2H3,(H,17,18). The Morgan fingerprint density at radius 2 is 2.00 bits per heavy atom. The fourth-order valence-corrected chi connectivity index (χ4v) is 3.18. The van der Waals surface area contributed by atoms with Crippen LogP contribution < -0.4 is 4.72 Å². The molecule has 0 aliphatic heterocycles. The molecule has 8 heteroatoms. The van der Waals surface area contributed by atoms with Crippen molar-refractivity contribution >= 4 is 16.0 Å². The molecule has 1 atom stereocenters. The number of aliphatic hydroxyl groups is 1. The Hall–Kier alpha value is -1.64. The van der Waals surface area contributed by atoms with E-state index in [9.17, 15) is 23.4 Å². The lowest BCUT2D eigenvalue weighted by atomic mass is 10.1. The minimum Gasteiger partial charge on any atom is -0.507 e. The molecule has 0 spiro atoms.